The van der Waals surface area contributed by atoms with Crippen molar-refractivity contribution >= 4 is 34.2 Å². The summed E-state index contributed by atoms with van der Waals surface area (Å²) in [7, 11) is 0. The van der Waals surface area contributed by atoms with E-state index >= 15 is 0 Å². The molecule has 0 aliphatic rings. The Morgan fingerprint density at radius 3 is 2.75 bits per heavy atom. The number of hydrogen-bond donors (Lipinski definition) is 1. The Morgan fingerprint density at radius 1 is 1.30 bits per heavy atom. The van der Waals surface area contributed by atoms with E-state index in [1.165, 1.54) is 18.2 Å². The minimum atomic E-state index is -0.402. The highest BCUT2D eigenvalue weighted by molar-refractivity contribution is 14.1. The van der Waals surface area contributed by atoms with E-state index in [1.54, 1.807) is 19.1 Å². The molecule has 0 aromatic heterocycles. The first-order valence-electron chi connectivity index (χ1n) is 6.10. The van der Waals surface area contributed by atoms with Gasteiger partial charge in [0, 0.05) is 9.64 Å². The topological polar surface area (TPSA) is 38.3 Å². The van der Waals surface area contributed by atoms with Crippen molar-refractivity contribution in [3.05, 3.63) is 57.4 Å². The van der Waals surface area contributed by atoms with Gasteiger partial charge in [-0.15, -0.1) is 0 Å². The van der Waals surface area contributed by atoms with Gasteiger partial charge in [0.1, 0.15) is 11.6 Å². The summed E-state index contributed by atoms with van der Waals surface area (Å²) in [6.45, 7) is 2.20. The molecule has 0 radical (unpaired) electrons. The molecule has 0 atom stereocenters. The zero-order chi connectivity index (χ0) is 14.5. The van der Waals surface area contributed by atoms with E-state index in [0.717, 1.165) is 3.57 Å². The van der Waals surface area contributed by atoms with Crippen LogP contribution in [0.5, 0.6) is 5.75 Å². The lowest BCUT2D eigenvalue weighted by molar-refractivity contribution is 0.102. The Bertz CT molecular complexity index is 631. The SMILES string of the molecule is CCOc1cc(F)ccc1NC(=O)c1ccccc1I. The fourth-order valence-electron chi connectivity index (χ4n) is 1.71. The lowest BCUT2D eigenvalue weighted by atomic mass is 10.2. The number of benzene rings is 2. The molecule has 2 rings (SSSR count). The molecule has 2 aromatic rings. The Morgan fingerprint density at radius 2 is 2.05 bits per heavy atom. The molecular weight excluding hydrogens is 372 g/mol. The van der Waals surface area contributed by atoms with Crippen LogP contribution in [0.3, 0.4) is 0 Å². The third-order valence-corrected chi connectivity index (χ3v) is 3.55. The Kier molecular flexibility index (Phi) is 4.94. The maximum Gasteiger partial charge on any atom is 0.256 e. The van der Waals surface area contributed by atoms with Gasteiger partial charge in [-0.1, -0.05) is 12.1 Å². The maximum atomic E-state index is 13.2. The number of carbonyl (C=O) groups is 1. The predicted octanol–water partition coefficient (Wildman–Crippen LogP) is 4.08. The van der Waals surface area contributed by atoms with Crippen LogP contribution in [-0.4, -0.2) is 12.5 Å². The van der Waals surface area contributed by atoms with Gasteiger partial charge in [0.2, 0.25) is 0 Å². The van der Waals surface area contributed by atoms with Crippen LogP contribution in [0.4, 0.5) is 10.1 Å². The summed E-state index contributed by atoms with van der Waals surface area (Å²) in [5, 5.41) is 2.74. The highest BCUT2D eigenvalue weighted by Crippen LogP contribution is 2.26. The molecule has 0 saturated heterocycles. The third kappa shape index (κ3) is 3.47. The number of amides is 1. The Balaban J connectivity index is 2.26. The second kappa shape index (κ2) is 6.69. The molecule has 104 valence electrons. The lowest BCUT2D eigenvalue weighted by Gasteiger charge is -2.12. The quantitative estimate of drug-likeness (QED) is 0.806. The molecule has 1 N–H and O–H groups in total. The van der Waals surface area contributed by atoms with Crippen LogP contribution in [-0.2, 0) is 0 Å². The number of hydrogen-bond acceptors (Lipinski definition) is 2. The van der Waals surface area contributed by atoms with Crippen molar-refractivity contribution in [2.75, 3.05) is 11.9 Å². The minimum absolute atomic E-state index is 0.248. The van der Waals surface area contributed by atoms with Crippen LogP contribution >= 0.6 is 22.6 Å². The third-order valence-electron chi connectivity index (χ3n) is 2.61. The van der Waals surface area contributed by atoms with Crippen molar-refractivity contribution in [2.45, 2.75) is 6.92 Å². The van der Waals surface area contributed by atoms with Crippen LogP contribution in [0.2, 0.25) is 0 Å². The van der Waals surface area contributed by atoms with Gasteiger partial charge in [0.25, 0.3) is 5.91 Å². The Hall–Kier alpha value is -1.63. The fraction of sp³-hybridized carbons (Fsp3) is 0.133. The number of anilines is 1. The lowest BCUT2D eigenvalue weighted by Crippen LogP contribution is -2.14. The minimum Gasteiger partial charge on any atom is -0.492 e. The molecule has 0 aliphatic carbocycles. The van der Waals surface area contributed by atoms with Gasteiger partial charge < -0.3 is 10.1 Å². The number of rotatable bonds is 4. The first-order chi connectivity index (χ1) is 9.61. The summed E-state index contributed by atoms with van der Waals surface area (Å²) in [6, 6.07) is 11.3. The number of halogens is 2. The van der Waals surface area contributed by atoms with E-state index in [4.69, 9.17) is 4.74 Å². The maximum absolute atomic E-state index is 13.2. The van der Waals surface area contributed by atoms with Gasteiger partial charge in [0.15, 0.2) is 0 Å². The summed E-state index contributed by atoms with van der Waals surface area (Å²) in [5.41, 5.74) is 1.03. The van der Waals surface area contributed by atoms with Crippen molar-refractivity contribution < 1.29 is 13.9 Å². The summed E-state index contributed by atoms with van der Waals surface area (Å²) in [5.74, 6) is -0.324. The zero-order valence-electron chi connectivity index (χ0n) is 10.8. The molecular formula is C15H13FINO2. The summed E-state index contributed by atoms with van der Waals surface area (Å²) < 4.78 is 19.4. The van der Waals surface area contributed by atoms with Crippen LogP contribution in [0.1, 0.15) is 17.3 Å². The molecule has 0 unspecified atom stereocenters. The van der Waals surface area contributed by atoms with Gasteiger partial charge >= 0.3 is 0 Å². The predicted molar refractivity (Wildman–Crippen MR) is 84.7 cm³/mol. The van der Waals surface area contributed by atoms with Crippen molar-refractivity contribution in [3.63, 3.8) is 0 Å². The fourth-order valence-corrected chi connectivity index (χ4v) is 2.34. The van der Waals surface area contributed by atoms with Crippen LogP contribution in [0.15, 0.2) is 42.5 Å². The van der Waals surface area contributed by atoms with Gasteiger partial charge in [-0.2, -0.15) is 0 Å². The standard InChI is InChI=1S/C15H13FINO2/c1-2-20-14-9-10(16)7-8-13(14)18-15(19)11-5-3-4-6-12(11)17/h3-9H,2H2,1H3,(H,18,19). The molecule has 0 aliphatic heterocycles. The van der Waals surface area contributed by atoms with Gasteiger partial charge in [-0.05, 0) is 53.8 Å². The van der Waals surface area contributed by atoms with E-state index in [-0.39, 0.29) is 5.91 Å². The molecule has 0 saturated carbocycles. The van der Waals surface area contributed by atoms with Crippen molar-refractivity contribution in [2.24, 2.45) is 0 Å². The molecule has 20 heavy (non-hydrogen) atoms. The average Bonchev–Trinajstić information content (AvgIpc) is 2.42. The van der Waals surface area contributed by atoms with E-state index in [9.17, 15) is 9.18 Å². The molecule has 5 heteroatoms. The van der Waals surface area contributed by atoms with Crippen LogP contribution in [0.25, 0.3) is 0 Å². The monoisotopic (exact) mass is 385 g/mol. The molecule has 0 spiro atoms. The largest absolute Gasteiger partial charge is 0.492 e. The second-order valence-electron chi connectivity index (χ2n) is 4.01. The van der Waals surface area contributed by atoms with E-state index in [2.05, 4.69) is 27.9 Å². The number of ether oxygens (including phenoxy) is 1. The molecule has 0 heterocycles. The summed E-state index contributed by atoms with van der Waals surface area (Å²) in [6.07, 6.45) is 0. The van der Waals surface area contributed by atoms with Crippen molar-refractivity contribution in [1.82, 2.24) is 0 Å². The molecule has 2 aromatic carbocycles. The highest BCUT2D eigenvalue weighted by atomic mass is 127. The molecule has 1 amide bonds. The number of nitrogens with one attached hydrogen (secondary N) is 1. The van der Waals surface area contributed by atoms with Crippen molar-refractivity contribution in [1.29, 1.82) is 0 Å². The first kappa shape index (κ1) is 14.8. The van der Waals surface area contributed by atoms with Gasteiger partial charge in [-0.3, -0.25) is 4.79 Å². The van der Waals surface area contributed by atoms with Gasteiger partial charge in [-0.25, -0.2) is 4.39 Å². The van der Waals surface area contributed by atoms with E-state index < -0.39 is 5.82 Å². The van der Waals surface area contributed by atoms with E-state index in [1.807, 2.05) is 12.1 Å². The van der Waals surface area contributed by atoms with Crippen molar-refractivity contribution in [3.8, 4) is 5.75 Å². The van der Waals surface area contributed by atoms with E-state index in [0.29, 0.717) is 23.6 Å². The van der Waals surface area contributed by atoms with Crippen LogP contribution in [0, 0.1) is 9.39 Å². The van der Waals surface area contributed by atoms with Gasteiger partial charge in [0.05, 0.1) is 17.9 Å². The zero-order valence-corrected chi connectivity index (χ0v) is 13.0. The molecule has 0 bridgehead atoms. The smallest absolute Gasteiger partial charge is 0.256 e. The number of carbonyl (C=O) groups excluding carboxylic acids is 1. The Labute approximate surface area is 130 Å². The molecule has 0 fully saturated rings. The molecule has 3 nitrogen and oxygen atoms in total. The summed E-state index contributed by atoms with van der Waals surface area (Å²) in [4.78, 5) is 12.2. The highest BCUT2D eigenvalue weighted by Gasteiger charge is 2.12. The normalized spacial score (nSPS) is 10.2. The first-order valence-corrected chi connectivity index (χ1v) is 7.18. The second-order valence-corrected chi connectivity index (χ2v) is 5.17. The average molecular weight is 385 g/mol. The van der Waals surface area contributed by atoms with Crippen LogP contribution < -0.4 is 10.1 Å². The summed E-state index contributed by atoms with van der Waals surface area (Å²) >= 11 is 2.10.